The number of methoxy groups -OCH3 is 2. The van der Waals surface area contributed by atoms with Gasteiger partial charge in [0.05, 0.1) is 53.1 Å². The number of rotatable bonds is 14. The first kappa shape index (κ1) is 52.2. The predicted molar refractivity (Wildman–Crippen MR) is 241 cm³/mol. The Labute approximate surface area is 385 Å². The van der Waals surface area contributed by atoms with Crippen LogP contribution in [0.3, 0.4) is 0 Å². The van der Waals surface area contributed by atoms with Crippen molar-refractivity contribution >= 4 is 38.1 Å². The molecule has 0 aliphatic heterocycles. The van der Waals surface area contributed by atoms with Gasteiger partial charge in [-0.15, -0.1) is 0 Å². The smallest absolute Gasteiger partial charge is 0.410 e. The molecule has 0 fully saturated rings. The van der Waals surface area contributed by atoms with E-state index in [1.807, 2.05) is 0 Å². The molecule has 0 unspecified atom stereocenters. The summed E-state index contributed by atoms with van der Waals surface area (Å²) in [5.41, 5.74) is 0.901. The first-order valence-electron chi connectivity index (χ1n) is 19.7. The lowest BCUT2D eigenvalue weighted by Gasteiger charge is -2.24. The standard InChI is InChI=1S/C23H26FN3O5S.C18H18FN3O3S.C4H4O4/c1-23(2,3)32-22(28)26(4)14-16-12-20(19-10-7-11-25-21(19)24)27(15-16)33(29,30)18-9-6-8-17(13-18)31-5;1-20-11-13-9-17(16-7-4-8-21-18(16)19)22(12-13)26(23,24)15-6-3-5-14(10-15)25-2;5-3(6)1-2-4(7)8/h6-13,15H,14H2,1-5H3;3-10,12,20H,11H2,1-2H3;1-2H,(H,5,6)(H,7,8)/b;;2-1+. The van der Waals surface area contributed by atoms with Crippen LogP contribution in [0.2, 0.25) is 0 Å². The van der Waals surface area contributed by atoms with Crippen molar-refractivity contribution in [3.8, 4) is 34.0 Å². The second kappa shape index (κ2) is 22.7. The fraction of sp³-hybridized carbons (Fsp3) is 0.222. The molecule has 0 atom stereocenters. The Balaban J connectivity index is 0.000000256. The molecule has 67 heavy (non-hydrogen) atoms. The van der Waals surface area contributed by atoms with Crippen molar-refractivity contribution in [3.63, 3.8) is 0 Å². The first-order chi connectivity index (χ1) is 31.5. The molecule has 0 aliphatic rings. The van der Waals surface area contributed by atoms with Crippen molar-refractivity contribution in [1.29, 1.82) is 0 Å². The van der Waals surface area contributed by atoms with Crippen LogP contribution in [0.5, 0.6) is 11.5 Å². The lowest BCUT2D eigenvalue weighted by Crippen LogP contribution is -2.33. The maximum Gasteiger partial charge on any atom is 0.410 e. The van der Waals surface area contributed by atoms with Gasteiger partial charge in [-0.05, 0) is 99.6 Å². The summed E-state index contributed by atoms with van der Waals surface area (Å²) in [6, 6.07) is 21.3. The van der Waals surface area contributed by atoms with E-state index < -0.39 is 55.6 Å². The molecule has 2 aromatic carbocycles. The van der Waals surface area contributed by atoms with Gasteiger partial charge >= 0.3 is 18.0 Å². The monoisotopic (exact) mass is 966 g/mol. The number of pyridine rings is 2. The lowest BCUT2D eigenvalue weighted by atomic mass is 10.2. The van der Waals surface area contributed by atoms with Gasteiger partial charge in [-0.3, -0.25) is 0 Å². The van der Waals surface area contributed by atoms with Crippen LogP contribution in [0.25, 0.3) is 22.5 Å². The third kappa shape index (κ3) is 14.0. The summed E-state index contributed by atoms with van der Waals surface area (Å²) in [6.45, 7) is 5.73. The van der Waals surface area contributed by atoms with Gasteiger partial charge in [0.15, 0.2) is 0 Å². The van der Waals surface area contributed by atoms with Crippen molar-refractivity contribution in [1.82, 2.24) is 28.1 Å². The highest BCUT2D eigenvalue weighted by atomic mass is 32.2. The molecule has 0 aliphatic carbocycles. The van der Waals surface area contributed by atoms with Gasteiger partial charge in [0.1, 0.15) is 17.1 Å². The second-order valence-electron chi connectivity index (χ2n) is 15.0. The van der Waals surface area contributed by atoms with E-state index in [0.29, 0.717) is 41.3 Å². The fourth-order valence-corrected chi connectivity index (χ4v) is 8.75. The second-order valence-corrected chi connectivity index (χ2v) is 18.6. The van der Waals surface area contributed by atoms with E-state index in [2.05, 4.69) is 15.3 Å². The highest BCUT2D eigenvalue weighted by Gasteiger charge is 2.27. The molecule has 0 radical (unpaired) electrons. The SMILES string of the molecule is CNCc1cc(-c2cccnc2F)n(S(=O)(=O)c2cccc(OC)c2)c1.COc1cccc(S(=O)(=O)n2cc(CN(C)C(=O)OC(C)(C)C)cc2-c2cccnc2F)c1.O=C(O)/C=C/C(=O)O. The molecule has 0 spiro atoms. The van der Waals surface area contributed by atoms with E-state index >= 15 is 0 Å². The quantitative estimate of drug-likeness (QED) is 0.0764. The number of nitrogens with zero attached hydrogens (tertiary/aromatic N) is 5. The van der Waals surface area contributed by atoms with Gasteiger partial charge in [0.25, 0.3) is 20.0 Å². The zero-order chi connectivity index (χ0) is 49.7. The molecule has 0 bridgehead atoms. The van der Waals surface area contributed by atoms with Gasteiger partial charge in [-0.25, -0.2) is 49.1 Å². The number of ether oxygens (including phenoxy) is 3. The summed E-state index contributed by atoms with van der Waals surface area (Å²) in [7, 11) is -1.90. The van der Waals surface area contributed by atoms with Crippen LogP contribution in [0.1, 0.15) is 31.9 Å². The van der Waals surface area contributed by atoms with E-state index in [1.165, 1.54) is 99.5 Å². The summed E-state index contributed by atoms with van der Waals surface area (Å²) in [5, 5.41) is 18.6. The Hall–Kier alpha value is -7.43. The van der Waals surface area contributed by atoms with Crippen LogP contribution in [0, 0.1) is 11.9 Å². The van der Waals surface area contributed by atoms with Gasteiger partial charge < -0.3 is 34.6 Å². The minimum absolute atomic E-state index is 0.00939. The van der Waals surface area contributed by atoms with E-state index in [4.69, 9.17) is 24.4 Å². The minimum atomic E-state index is -4.12. The van der Waals surface area contributed by atoms with Gasteiger partial charge in [0, 0.05) is 62.7 Å². The van der Waals surface area contributed by atoms with Crippen molar-refractivity contribution < 1.29 is 64.4 Å². The topological polar surface area (TPSA) is 239 Å². The number of benzene rings is 2. The van der Waals surface area contributed by atoms with Crippen molar-refractivity contribution in [2.24, 2.45) is 0 Å². The molecular formula is C45H48F2N6O12S2. The number of carbonyl (C=O) groups is 3. The molecule has 4 heterocycles. The van der Waals surface area contributed by atoms with Crippen LogP contribution >= 0.6 is 0 Å². The summed E-state index contributed by atoms with van der Waals surface area (Å²) in [5.74, 6) is -3.28. The van der Waals surface area contributed by atoms with Crippen LogP contribution in [0.4, 0.5) is 13.6 Å². The van der Waals surface area contributed by atoms with Gasteiger partial charge in [-0.1, -0.05) is 12.1 Å². The number of halogens is 2. The third-order valence-electron chi connectivity index (χ3n) is 8.83. The van der Waals surface area contributed by atoms with Gasteiger partial charge in [-0.2, -0.15) is 8.78 Å². The predicted octanol–water partition coefficient (Wildman–Crippen LogP) is 6.67. The van der Waals surface area contributed by atoms with E-state index in [-0.39, 0.29) is 38.9 Å². The zero-order valence-electron chi connectivity index (χ0n) is 37.2. The molecular weight excluding hydrogens is 919 g/mol. The third-order valence-corrected chi connectivity index (χ3v) is 12.2. The largest absolute Gasteiger partial charge is 0.497 e. The summed E-state index contributed by atoms with van der Waals surface area (Å²) >= 11 is 0. The Morgan fingerprint density at radius 2 is 1.15 bits per heavy atom. The lowest BCUT2D eigenvalue weighted by molar-refractivity contribution is -0.134. The van der Waals surface area contributed by atoms with Crippen molar-refractivity contribution in [3.05, 3.63) is 145 Å². The van der Waals surface area contributed by atoms with Crippen molar-refractivity contribution in [2.75, 3.05) is 28.3 Å². The molecule has 0 saturated heterocycles. The Morgan fingerprint density at radius 1 is 0.716 bits per heavy atom. The Morgan fingerprint density at radius 3 is 1.54 bits per heavy atom. The minimum Gasteiger partial charge on any atom is -0.497 e. The number of aliphatic carboxylic acids is 2. The molecule has 6 aromatic rings. The number of hydrogen-bond donors (Lipinski definition) is 3. The van der Waals surface area contributed by atoms with Crippen molar-refractivity contribution in [2.45, 2.75) is 49.3 Å². The number of hydrogen-bond acceptors (Lipinski definition) is 13. The Kier molecular flexibility index (Phi) is 17.6. The summed E-state index contributed by atoms with van der Waals surface area (Å²) in [4.78, 5) is 40.1. The number of carboxylic acids is 2. The number of carbonyl (C=O) groups excluding carboxylic acids is 1. The average Bonchev–Trinajstić information content (AvgIpc) is 3.91. The van der Waals surface area contributed by atoms with E-state index in [9.17, 15) is 40.0 Å². The first-order valence-corrected chi connectivity index (χ1v) is 22.6. The van der Waals surface area contributed by atoms with Gasteiger partial charge in [0.2, 0.25) is 11.9 Å². The van der Waals surface area contributed by atoms with Crippen LogP contribution in [-0.2, 0) is 47.5 Å². The molecule has 18 nitrogen and oxygen atoms in total. The number of carboxylic acid groups (broad SMARTS) is 2. The number of aromatic nitrogens is 4. The fourth-order valence-electron chi connectivity index (χ4n) is 5.90. The molecule has 1 amide bonds. The summed E-state index contributed by atoms with van der Waals surface area (Å²) in [6.07, 6.45) is 5.98. The highest BCUT2D eigenvalue weighted by molar-refractivity contribution is 7.90. The van der Waals surface area contributed by atoms with Crippen LogP contribution in [-0.4, -0.2) is 102 Å². The maximum absolute atomic E-state index is 14.5. The van der Waals surface area contributed by atoms with E-state index in [0.717, 1.165) is 7.94 Å². The van der Waals surface area contributed by atoms with Crippen LogP contribution in [0.15, 0.2) is 132 Å². The number of nitrogens with one attached hydrogen (secondary N) is 1. The average molecular weight is 967 g/mol. The highest BCUT2D eigenvalue weighted by Crippen LogP contribution is 2.31. The zero-order valence-corrected chi connectivity index (χ0v) is 38.9. The molecule has 3 N–H and O–H groups in total. The normalized spacial score (nSPS) is 11.4. The molecule has 0 saturated carbocycles. The van der Waals surface area contributed by atoms with Crippen LogP contribution < -0.4 is 14.8 Å². The molecule has 4 aromatic heterocycles. The molecule has 22 heteroatoms. The molecule has 356 valence electrons. The maximum atomic E-state index is 14.5. The molecule has 6 rings (SSSR count). The van der Waals surface area contributed by atoms with E-state index in [1.54, 1.807) is 64.2 Å². The summed E-state index contributed by atoms with van der Waals surface area (Å²) < 4.78 is 99.7. The number of amides is 1. The Bertz CT molecular complexity index is 2950.